The first-order chi connectivity index (χ1) is 7.22. The predicted octanol–water partition coefficient (Wildman–Crippen LogP) is 1.14. The molecule has 15 heavy (non-hydrogen) atoms. The highest BCUT2D eigenvalue weighted by molar-refractivity contribution is 9.10. The zero-order valence-electron chi connectivity index (χ0n) is 8.74. The van der Waals surface area contributed by atoms with Crippen LogP contribution in [0.3, 0.4) is 0 Å². The Bertz CT molecular complexity index is 351. The molecule has 1 aromatic heterocycles. The van der Waals surface area contributed by atoms with Gasteiger partial charge in [0.25, 0.3) is 0 Å². The molecule has 2 rings (SSSR count). The topological polar surface area (TPSA) is 47.3 Å². The number of aliphatic hydroxyl groups excluding tert-OH is 1. The van der Waals surface area contributed by atoms with Gasteiger partial charge in [-0.05, 0) is 28.8 Å². The summed E-state index contributed by atoms with van der Waals surface area (Å²) in [7, 11) is 1.68. The fourth-order valence-corrected chi connectivity index (χ4v) is 2.57. The van der Waals surface area contributed by atoms with Crippen molar-refractivity contribution >= 4 is 15.9 Å². The van der Waals surface area contributed by atoms with E-state index in [2.05, 4.69) is 25.5 Å². The van der Waals surface area contributed by atoms with Gasteiger partial charge >= 0.3 is 0 Å². The first-order valence-electron chi connectivity index (χ1n) is 5.13. The van der Waals surface area contributed by atoms with E-state index in [9.17, 15) is 5.11 Å². The standard InChI is InChI=1S/C10H15BrN2O2/c1-15-5-4-9-12-10(11)8-3-2-7(14)6-13(8)9/h7,14H,2-6H2,1H3. The summed E-state index contributed by atoms with van der Waals surface area (Å²) in [4.78, 5) is 4.45. The van der Waals surface area contributed by atoms with Crippen molar-refractivity contribution in [3.63, 3.8) is 0 Å². The number of aliphatic hydroxyl groups is 1. The van der Waals surface area contributed by atoms with E-state index in [4.69, 9.17) is 4.74 Å². The maximum absolute atomic E-state index is 9.62. The van der Waals surface area contributed by atoms with Gasteiger partial charge < -0.3 is 14.4 Å². The van der Waals surface area contributed by atoms with Crippen molar-refractivity contribution in [3.05, 3.63) is 16.1 Å². The number of nitrogens with zero attached hydrogens (tertiary/aromatic N) is 2. The summed E-state index contributed by atoms with van der Waals surface area (Å²) in [6.45, 7) is 1.33. The number of hydrogen-bond donors (Lipinski definition) is 1. The third-order valence-electron chi connectivity index (χ3n) is 2.74. The maximum atomic E-state index is 9.62. The van der Waals surface area contributed by atoms with Crippen LogP contribution < -0.4 is 0 Å². The largest absolute Gasteiger partial charge is 0.391 e. The minimum Gasteiger partial charge on any atom is -0.391 e. The maximum Gasteiger partial charge on any atom is 0.127 e. The highest BCUT2D eigenvalue weighted by atomic mass is 79.9. The first kappa shape index (κ1) is 11.1. The molecule has 0 radical (unpaired) electrons. The van der Waals surface area contributed by atoms with E-state index in [0.29, 0.717) is 13.2 Å². The van der Waals surface area contributed by atoms with Crippen LogP contribution in [-0.4, -0.2) is 34.5 Å². The Morgan fingerprint density at radius 2 is 2.47 bits per heavy atom. The van der Waals surface area contributed by atoms with Gasteiger partial charge in [0.2, 0.25) is 0 Å². The number of ether oxygens (including phenoxy) is 1. The van der Waals surface area contributed by atoms with Crippen molar-refractivity contribution in [2.45, 2.75) is 31.9 Å². The van der Waals surface area contributed by atoms with Crippen molar-refractivity contribution < 1.29 is 9.84 Å². The monoisotopic (exact) mass is 274 g/mol. The lowest BCUT2D eigenvalue weighted by Crippen LogP contribution is -2.25. The molecule has 5 heteroatoms. The van der Waals surface area contributed by atoms with Crippen LogP contribution in [0.4, 0.5) is 0 Å². The Morgan fingerprint density at radius 1 is 1.67 bits per heavy atom. The van der Waals surface area contributed by atoms with Gasteiger partial charge in [-0.1, -0.05) is 0 Å². The molecule has 1 atom stereocenters. The number of fused-ring (bicyclic) bond motifs is 1. The summed E-state index contributed by atoms with van der Waals surface area (Å²) < 4.78 is 8.07. The number of rotatable bonds is 3. The zero-order valence-corrected chi connectivity index (χ0v) is 10.3. The van der Waals surface area contributed by atoms with Gasteiger partial charge in [0.15, 0.2) is 0 Å². The molecule has 0 aromatic carbocycles. The summed E-state index contributed by atoms with van der Waals surface area (Å²) in [6, 6.07) is 0. The lowest BCUT2D eigenvalue weighted by Gasteiger charge is -2.21. The molecule has 1 unspecified atom stereocenters. The van der Waals surface area contributed by atoms with E-state index in [1.807, 2.05) is 0 Å². The van der Waals surface area contributed by atoms with Crippen LogP contribution in [0.5, 0.6) is 0 Å². The Kier molecular flexibility index (Phi) is 3.43. The number of halogens is 1. The zero-order chi connectivity index (χ0) is 10.8. The number of methoxy groups -OCH3 is 1. The molecule has 1 aliphatic heterocycles. The van der Waals surface area contributed by atoms with Crippen molar-refractivity contribution in [2.75, 3.05) is 13.7 Å². The van der Waals surface area contributed by atoms with Crippen LogP contribution in [0.1, 0.15) is 17.9 Å². The van der Waals surface area contributed by atoms with Crippen molar-refractivity contribution in [2.24, 2.45) is 0 Å². The van der Waals surface area contributed by atoms with Crippen LogP contribution in [0.2, 0.25) is 0 Å². The molecule has 1 aliphatic rings. The van der Waals surface area contributed by atoms with Gasteiger partial charge in [-0.15, -0.1) is 0 Å². The number of aromatic nitrogens is 2. The van der Waals surface area contributed by atoms with E-state index in [-0.39, 0.29) is 6.10 Å². The molecule has 0 saturated carbocycles. The molecular weight excluding hydrogens is 260 g/mol. The summed E-state index contributed by atoms with van der Waals surface area (Å²) in [5.74, 6) is 0.998. The third kappa shape index (κ3) is 2.24. The highest BCUT2D eigenvalue weighted by Crippen LogP contribution is 2.25. The van der Waals surface area contributed by atoms with Crippen molar-refractivity contribution in [1.82, 2.24) is 9.55 Å². The van der Waals surface area contributed by atoms with Crippen molar-refractivity contribution in [1.29, 1.82) is 0 Å². The van der Waals surface area contributed by atoms with E-state index in [0.717, 1.165) is 29.7 Å². The highest BCUT2D eigenvalue weighted by Gasteiger charge is 2.22. The molecular formula is C10H15BrN2O2. The molecule has 4 nitrogen and oxygen atoms in total. The Morgan fingerprint density at radius 3 is 3.20 bits per heavy atom. The van der Waals surface area contributed by atoms with E-state index >= 15 is 0 Å². The minimum absolute atomic E-state index is 0.236. The summed E-state index contributed by atoms with van der Waals surface area (Å²) >= 11 is 3.46. The molecule has 0 amide bonds. The molecule has 0 saturated heterocycles. The van der Waals surface area contributed by atoms with Crippen LogP contribution in [0, 0.1) is 0 Å². The second-order valence-corrected chi connectivity index (χ2v) is 4.56. The van der Waals surface area contributed by atoms with E-state index < -0.39 is 0 Å². The second kappa shape index (κ2) is 4.63. The van der Waals surface area contributed by atoms with Gasteiger partial charge in [0.1, 0.15) is 10.4 Å². The summed E-state index contributed by atoms with van der Waals surface area (Å²) in [6.07, 6.45) is 2.28. The normalized spacial score (nSPS) is 20.3. The molecule has 0 aliphatic carbocycles. The third-order valence-corrected chi connectivity index (χ3v) is 3.38. The number of hydrogen-bond acceptors (Lipinski definition) is 3. The van der Waals surface area contributed by atoms with Gasteiger partial charge in [-0.25, -0.2) is 4.98 Å². The van der Waals surface area contributed by atoms with E-state index in [1.54, 1.807) is 7.11 Å². The number of imidazole rings is 1. The fourth-order valence-electron chi connectivity index (χ4n) is 1.95. The van der Waals surface area contributed by atoms with Crippen LogP contribution in [0.15, 0.2) is 4.60 Å². The molecule has 0 bridgehead atoms. The average molecular weight is 275 g/mol. The molecule has 1 N–H and O–H groups in total. The van der Waals surface area contributed by atoms with Crippen LogP contribution in [-0.2, 0) is 24.1 Å². The lowest BCUT2D eigenvalue weighted by molar-refractivity contribution is 0.128. The minimum atomic E-state index is -0.236. The van der Waals surface area contributed by atoms with Gasteiger partial charge in [0, 0.05) is 13.5 Å². The smallest absolute Gasteiger partial charge is 0.127 e. The molecule has 0 spiro atoms. The Labute approximate surface area is 97.4 Å². The van der Waals surface area contributed by atoms with Gasteiger partial charge in [0.05, 0.1) is 24.9 Å². The Balaban J connectivity index is 2.24. The molecule has 1 aromatic rings. The second-order valence-electron chi connectivity index (χ2n) is 3.81. The van der Waals surface area contributed by atoms with Crippen LogP contribution in [0.25, 0.3) is 0 Å². The average Bonchev–Trinajstić information content (AvgIpc) is 2.52. The fraction of sp³-hybridized carbons (Fsp3) is 0.700. The Hall–Kier alpha value is -0.390. The quantitative estimate of drug-likeness (QED) is 0.900. The SMILES string of the molecule is COCCc1nc(Br)c2n1CC(O)CC2. The molecule has 0 fully saturated rings. The summed E-state index contributed by atoms with van der Waals surface area (Å²) in [5.41, 5.74) is 1.20. The predicted molar refractivity (Wildman–Crippen MR) is 59.8 cm³/mol. The lowest BCUT2D eigenvalue weighted by atomic mass is 10.1. The van der Waals surface area contributed by atoms with Gasteiger partial charge in [-0.2, -0.15) is 0 Å². The van der Waals surface area contributed by atoms with Gasteiger partial charge in [-0.3, -0.25) is 0 Å². The molecule has 2 heterocycles. The molecule has 84 valence electrons. The van der Waals surface area contributed by atoms with Crippen LogP contribution >= 0.6 is 15.9 Å². The van der Waals surface area contributed by atoms with E-state index in [1.165, 1.54) is 5.69 Å². The summed E-state index contributed by atoms with van der Waals surface area (Å²) in [5, 5.41) is 9.62. The van der Waals surface area contributed by atoms with Crippen molar-refractivity contribution in [3.8, 4) is 0 Å². The first-order valence-corrected chi connectivity index (χ1v) is 5.92.